The third kappa shape index (κ3) is 1.95. The second kappa shape index (κ2) is 4.61. The molecule has 1 aromatic carbocycles. The van der Waals surface area contributed by atoms with Crippen LogP contribution < -0.4 is 10.1 Å². The van der Waals surface area contributed by atoms with Crippen molar-refractivity contribution in [1.82, 2.24) is 9.97 Å². The van der Waals surface area contributed by atoms with Gasteiger partial charge in [-0.3, -0.25) is 0 Å². The van der Waals surface area contributed by atoms with E-state index in [1.165, 1.54) is 6.33 Å². The standard InChI is InChI=1S/C12H13N3O/c1-13-12-11(7-14-8-15-12)9-3-5-10(16-2)6-4-9/h3-8H,1-2H3,(H,13,14,15). The fourth-order valence-electron chi connectivity index (χ4n) is 1.51. The molecule has 1 aromatic heterocycles. The van der Waals surface area contributed by atoms with Gasteiger partial charge in [0.1, 0.15) is 17.9 Å². The lowest BCUT2D eigenvalue weighted by Crippen LogP contribution is -1.96. The number of hydrogen-bond donors (Lipinski definition) is 1. The van der Waals surface area contributed by atoms with Crippen LogP contribution >= 0.6 is 0 Å². The molecule has 0 amide bonds. The Labute approximate surface area is 94.3 Å². The zero-order chi connectivity index (χ0) is 11.4. The maximum absolute atomic E-state index is 5.11. The number of nitrogens with one attached hydrogen (secondary N) is 1. The van der Waals surface area contributed by atoms with E-state index in [1.54, 1.807) is 13.3 Å². The van der Waals surface area contributed by atoms with E-state index in [-0.39, 0.29) is 0 Å². The maximum Gasteiger partial charge on any atom is 0.137 e. The summed E-state index contributed by atoms with van der Waals surface area (Å²) in [7, 11) is 3.50. The van der Waals surface area contributed by atoms with E-state index in [0.717, 1.165) is 22.7 Å². The fraction of sp³-hybridized carbons (Fsp3) is 0.167. The molecule has 0 aliphatic rings. The van der Waals surface area contributed by atoms with Crippen LogP contribution in [0.4, 0.5) is 5.82 Å². The van der Waals surface area contributed by atoms with Gasteiger partial charge in [-0.1, -0.05) is 12.1 Å². The summed E-state index contributed by atoms with van der Waals surface area (Å²) < 4.78 is 5.11. The van der Waals surface area contributed by atoms with Crippen LogP contribution in [0.3, 0.4) is 0 Å². The van der Waals surface area contributed by atoms with Crippen LogP contribution in [0.25, 0.3) is 11.1 Å². The molecule has 0 unspecified atom stereocenters. The Bertz CT molecular complexity index is 468. The van der Waals surface area contributed by atoms with E-state index in [2.05, 4.69) is 15.3 Å². The number of anilines is 1. The van der Waals surface area contributed by atoms with Crippen molar-refractivity contribution in [2.45, 2.75) is 0 Å². The SMILES string of the molecule is CNc1ncncc1-c1ccc(OC)cc1. The van der Waals surface area contributed by atoms with E-state index >= 15 is 0 Å². The molecule has 1 heterocycles. The predicted octanol–water partition coefficient (Wildman–Crippen LogP) is 2.19. The first-order chi connectivity index (χ1) is 7.85. The van der Waals surface area contributed by atoms with Crippen LogP contribution in [-0.4, -0.2) is 24.1 Å². The van der Waals surface area contributed by atoms with Crippen LogP contribution in [0, 0.1) is 0 Å². The molecule has 4 heteroatoms. The lowest BCUT2D eigenvalue weighted by atomic mass is 10.1. The number of rotatable bonds is 3. The Hall–Kier alpha value is -2.10. The Kier molecular flexibility index (Phi) is 3.00. The summed E-state index contributed by atoms with van der Waals surface area (Å²) >= 11 is 0. The van der Waals surface area contributed by atoms with E-state index < -0.39 is 0 Å². The molecule has 0 saturated heterocycles. The van der Waals surface area contributed by atoms with Crippen LogP contribution in [0.1, 0.15) is 0 Å². The summed E-state index contributed by atoms with van der Waals surface area (Å²) in [6, 6.07) is 7.81. The van der Waals surface area contributed by atoms with Crippen LogP contribution in [0.15, 0.2) is 36.8 Å². The molecule has 0 aliphatic heterocycles. The molecule has 16 heavy (non-hydrogen) atoms. The average Bonchev–Trinajstić information content (AvgIpc) is 2.39. The molecule has 0 aliphatic carbocycles. The Balaban J connectivity index is 2.42. The van der Waals surface area contributed by atoms with Crippen LogP contribution in [0.5, 0.6) is 5.75 Å². The van der Waals surface area contributed by atoms with Crippen molar-refractivity contribution < 1.29 is 4.74 Å². The molecule has 4 nitrogen and oxygen atoms in total. The van der Waals surface area contributed by atoms with Gasteiger partial charge in [0.2, 0.25) is 0 Å². The van der Waals surface area contributed by atoms with Gasteiger partial charge in [-0.2, -0.15) is 0 Å². The quantitative estimate of drug-likeness (QED) is 0.852. The van der Waals surface area contributed by atoms with Crippen LogP contribution in [-0.2, 0) is 0 Å². The number of nitrogens with zero attached hydrogens (tertiary/aromatic N) is 2. The lowest BCUT2D eigenvalue weighted by Gasteiger charge is -2.07. The molecule has 82 valence electrons. The van der Waals surface area contributed by atoms with Crippen molar-refractivity contribution in [3.05, 3.63) is 36.8 Å². The zero-order valence-electron chi connectivity index (χ0n) is 9.27. The molecule has 1 N–H and O–H groups in total. The molecule has 2 aromatic rings. The molecule has 0 radical (unpaired) electrons. The van der Waals surface area contributed by atoms with Gasteiger partial charge in [0.25, 0.3) is 0 Å². The van der Waals surface area contributed by atoms with Crippen molar-refractivity contribution >= 4 is 5.82 Å². The van der Waals surface area contributed by atoms with E-state index in [1.807, 2.05) is 31.3 Å². The highest BCUT2D eigenvalue weighted by atomic mass is 16.5. The van der Waals surface area contributed by atoms with E-state index in [4.69, 9.17) is 4.74 Å². The highest BCUT2D eigenvalue weighted by molar-refractivity contribution is 5.74. The van der Waals surface area contributed by atoms with Crippen molar-refractivity contribution in [2.24, 2.45) is 0 Å². The maximum atomic E-state index is 5.11. The number of hydrogen-bond acceptors (Lipinski definition) is 4. The zero-order valence-corrected chi connectivity index (χ0v) is 9.27. The molecule has 0 spiro atoms. The average molecular weight is 215 g/mol. The summed E-state index contributed by atoms with van der Waals surface area (Å²) in [5, 5.41) is 3.04. The Morgan fingerprint density at radius 1 is 1.19 bits per heavy atom. The van der Waals surface area contributed by atoms with Crippen molar-refractivity contribution in [2.75, 3.05) is 19.5 Å². The summed E-state index contributed by atoms with van der Waals surface area (Å²) in [5.41, 5.74) is 2.04. The fourth-order valence-corrected chi connectivity index (χ4v) is 1.51. The molecular weight excluding hydrogens is 202 g/mol. The summed E-state index contributed by atoms with van der Waals surface area (Å²) in [4.78, 5) is 8.19. The smallest absolute Gasteiger partial charge is 0.137 e. The van der Waals surface area contributed by atoms with Gasteiger partial charge in [0.15, 0.2) is 0 Å². The predicted molar refractivity (Wildman–Crippen MR) is 63.6 cm³/mol. The van der Waals surface area contributed by atoms with Gasteiger partial charge in [-0.05, 0) is 17.7 Å². The molecule has 2 rings (SSSR count). The first-order valence-electron chi connectivity index (χ1n) is 4.97. The number of methoxy groups -OCH3 is 1. The number of benzene rings is 1. The van der Waals surface area contributed by atoms with Gasteiger partial charge in [0, 0.05) is 18.8 Å². The molecule has 0 fully saturated rings. The minimum absolute atomic E-state index is 0.820. The van der Waals surface area contributed by atoms with Crippen molar-refractivity contribution in [3.8, 4) is 16.9 Å². The summed E-state index contributed by atoms with van der Waals surface area (Å²) in [6.45, 7) is 0. The van der Waals surface area contributed by atoms with Crippen molar-refractivity contribution in [1.29, 1.82) is 0 Å². The summed E-state index contributed by atoms with van der Waals surface area (Å²) in [5.74, 6) is 1.66. The van der Waals surface area contributed by atoms with Gasteiger partial charge in [0.05, 0.1) is 7.11 Å². The first-order valence-corrected chi connectivity index (χ1v) is 4.97. The minimum Gasteiger partial charge on any atom is -0.497 e. The molecular formula is C12H13N3O. The normalized spacial score (nSPS) is 9.88. The second-order valence-electron chi connectivity index (χ2n) is 3.26. The third-order valence-electron chi connectivity index (χ3n) is 2.35. The molecule has 0 atom stereocenters. The van der Waals surface area contributed by atoms with Gasteiger partial charge in [-0.25, -0.2) is 9.97 Å². The lowest BCUT2D eigenvalue weighted by molar-refractivity contribution is 0.415. The number of aromatic nitrogens is 2. The highest BCUT2D eigenvalue weighted by Gasteiger charge is 2.04. The van der Waals surface area contributed by atoms with Crippen LogP contribution in [0.2, 0.25) is 0 Å². The second-order valence-corrected chi connectivity index (χ2v) is 3.26. The molecule has 0 bridgehead atoms. The van der Waals surface area contributed by atoms with E-state index in [9.17, 15) is 0 Å². The molecule has 0 saturated carbocycles. The summed E-state index contributed by atoms with van der Waals surface area (Å²) in [6.07, 6.45) is 3.32. The van der Waals surface area contributed by atoms with Crippen molar-refractivity contribution in [3.63, 3.8) is 0 Å². The monoisotopic (exact) mass is 215 g/mol. The van der Waals surface area contributed by atoms with Gasteiger partial charge >= 0.3 is 0 Å². The largest absolute Gasteiger partial charge is 0.497 e. The Morgan fingerprint density at radius 2 is 1.94 bits per heavy atom. The topological polar surface area (TPSA) is 47.0 Å². The number of ether oxygens (including phenoxy) is 1. The van der Waals surface area contributed by atoms with Gasteiger partial charge in [-0.15, -0.1) is 0 Å². The third-order valence-corrected chi connectivity index (χ3v) is 2.35. The van der Waals surface area contributed by atoms with Gasteiger partial charge < -0.3 is 10.1 Å². The first kappa shape index (κ1) is 10.4. The minimum atomic E-state index is 0.820. The highest BCUT2D eigenvalue weighted by Crippen LogP contribution is 2.26. The Morgan fingerprint density at radius 3 is 2.56 bits per heavy atom. The van der Waals surface area contributed by atoms with E-state index in [0.29, 0.717) is 0 Å².